The highest BCUT2D eigenvalue weighted by atomic mass is 16.3. The van der Waals surface area contributed by atoms with Gasteiger partial charge in [0.25, 0.3) is 0 Å². The topological polar surface area (TPSA) is 52.6 Å². The Hall–Kier alpha value is -2.17. The Morgan fingerprint density at radius 3 is 2.24 bits per heavy atom. The van der Waals surface area contributed by atoms with E-state index in [-0.39, 0.29) is 24.5 Å². The monoisotopic (exact) mass is 338 g/mol. The van der Waals surface area contributed by atoms with Gasteiger partial charge in [-0.1, -0.05) is 60.7 Å². The average Bonchev–Trinajstić information content (AvgIpc) is 2.68. The van der Waals surface area contributed by atoms with Crippen LogP contribution in [0.5, 0.6) is 0 Å². The molecule has 4 heteroatoms. The second-order valence-corrected chi connectivity index (χ2v) is 6.69. The van der Waals surface area contributed by atoms with Crippen molar-refractivity contribution in [2.45, 2.75) is 25.4 Å². The summed E-state index contributed by atoms with van der Waals surface area (Å²) >= 11 is 0. The maximum atomic E-state index is 12.6. The molecule has 0 aliphatic carbocycles. The normalized spacial score (nSPS) is 17.2. The van der Waals surface area contributed by atoms with Crippen LogP contribution in [0.3, 0.4) is 0 Å². The predicted molar refractivity (Wildman–Crippen MR) is 98.9 cm³/mol. The van der Waals surface area contributed by atoms with Gasteiger partial charge in [0.05, 0.1) is 12.6 Å². The summed E-state index contributed by atoms with van der Waals surface area (Å²) in [7, 11) is 0. The number of carbonyl (C=O) groups excluding carboxylic acids is 1. The molecule has 0 saturated carbocycles. The van der Waals surface area contributed by atoms with Crippen LogP contribution in [0.4, 0.5) is 0 Å². The maximum absolute atomic E-state index is 12.6. The number of amides is 1. The molecule has 2 N–H and O–H groups in total. The first-order chi connectivity index (χ1) is 12.3. The fraction of sp³-hybridized carbons (Fsp3) is 0.381. The number of aliphatic hydroxyl groups excluding tert-OH is 1. The van der Waals surface area contributed by atoms with Crippen LogP contribution < -0.4 is 5.32 Å². The zero-order valence-electron chi connectivity index (χ0n) is 14.5. The summed E-state index contributed by atoms with van der Waals surface area (Å²) in [6.45, 7) is 2.73. The predicted octanol–water partition coefficient (Wildman–Crippen LogP) is 2.75. The van der Waals surface area contributed by atoms with E-state index < -0.39 is 0 Å². The van der Waals surface area contributed by atoms with Gasteiger partial charge in [0, 0.05) is 12.5 Å². The molecule has 1 aliphatic rings. The largest absolute Gasteiger partial charge is 0.394 e. The van der Waals surface area contributed by atoms with Crippen LogP contribution in [0.25, 0.3) is 0 Å². The first-order valence-corrected chi connectivity index (χ1v) is 8.98. The molecule has 25 heavy (non-hydrogen) atoms. The highest BCUT2D eigenvalue weighted by Gasteiger charge is 2.26. The number of hydrogen-bond acceptors (Lipinski definition) is 3. The highest BCUT2D eigenvalue weighted by Crippen LogP contribution is 2.21. The fourth-order valence-corrected chi connectivity index (χ4v) is 3.40. The molecule has 1 aliphatic heterocycles. The molecule has 1 saturated heterocycles. The molecule has 1 atom stereocenters. The summed E-state index contributed by atoms with van der Waals surface area (Å²) in [5.74, 6) is 0.0899. The van der Waals surface area contributed by atoms with E-state index in [1.54, 1.807) is 0 Å². The number of benzene rings is 2. The van der Waals surface area contributed by atoms with Crippen molar-refractivity contribution in [3.63, 3.8) is 0 Å². The lowest BCUT2D eigenvalue weighted by Gasteiger charge is -2.32. The molecule has 0 unspecified atom stereocenters. The van der Waals surface area contributed by atoms with Crippen molar-refractivity contribution >= 4 is 5.91 Å². The lowest BCUT2D eigenvalue weighted by molar-refractivity contribution is -0.127. The molecule has 0 aromatic heterocycles. The minimum absolute atomic E-state index is 0.0322. The molecule has 1 amide bonds. The van der Waals surface area contributed by atoms with Gasteiger partial charge in [-0.05, 0) is 37.1 Å². The Morgan fingerprint density at radius 2 is 1.64 bits per heavy atom. The van der Waals surface area contributed by atoms with Crippen molar-refractivity contribution < 1.29 is 9.90 Å². The third-order valence-electron chi connectivity index (χ3n) is 4.91. The summed E-state index contributed by atoms with van der Waals surface area (Å²) in [6, 6.07) is 19.8. The van der Waals surface area contributed by atoms with Crippen LogP contribution in [0.15, 0.2) is 60.7 Å². The second-order valence-electron chi connectivity index (χ2n) is 6.69. The van der Waals surface area contributed by atoms with Crippen molar-refractivity contribution in [1.29, 1.82) is 0 Å². The van der Waals surface area contributed by atoms with Crippen molar-refractivity contribution in [3.8, 4) is 0 Å². The molecule has 4 nitrogen and oxygen atoms in total. The first kappa shape index (κ1) is 17.6. The van der Waals surface area contributed by atoms with E-state index in [0.717, 1.165) is 38.0 Å². The van der Waals surface area contributed by atoms with E-state index >= 15 is 0 Å². The number of nitrogens with one attached hydrogen (secondary N) is 1. The van der Waals surface area contributed by atoms with E-state index in [1.165, 1.54) is 5.56 Å². The lowest BCUT2D eigenvalue weighted by atomic mass is 9.94. The van der Waals surface area contributed by atoms with Gasteiger partial charge >= 0.3 is 0 Å². The van der Waals surface area contributed by atoms with Crippen LogP contribution >= 0.6 is 0 Å². The number of hydrogen-bond donors (Lipinski definition) is 2. The summed E-state index contributed by atoms with van der Waals surface area (Å²) < 4.78 is 0. The van der Waals surface area contributed by atoms with Crippen LogP contribution in [-0.4, -0.2) is 35.6 Å². The van der Waals surface area contributed by atoms with Gasteiger partial charge < -0.3 is 10.4 Å². The first-order valence-electron chi connectivity index (χ1n) is 8.98. The van der Waals surface area contributed by atoms with Crippen molar-refractivity contribution in [2.75, 3.05) is 19.7 Å². The SMILES string of the molecule is O=C(N[C@H](CO)c1ccccc1)C1CCN(Cc2ccccc2)CC1. The van der Waals surface area contributed by atoms with Crippen LogP contribution in [-0.2, 0) is 11.3 Å². The van der Waals surface area contributed by atoms with Gasteiger partial charge in [0.15, 0.2) is 0 Å². The van der Waals surface area contributed by atoms with Crippen LogP contribution in [0.1, 0.15) is 30.0 Å². The number of nitrogens with zero attached hydrogens (tertiary/aromatic N) is 1. The van der Waals surface area contributed by atoms with Crippen molar-refractivity contribution in [3.05, 3.63) is 71.8 Å². The third-order valence-corrected chi connectivity index (χ3v) is 4.91. The molecule has 2 aromatic carbocycles. The molecule has 1 heterocycles. The Kier molecular flexibility index (Phi) is 6.20. The van der Waals surface area contributed by atoms with Gasteiger partial charge in [0.2, 0.25) is 5.91 Å². The Morgan fingerprint density at radius 1 is 1.04 bits per heavy atom. The average molecular weight is 338 g/mol. The second kappa shape index (κ2) is 8.79. The molecule has 1 fully saturated rings. The van der Waals surface area contributed by atoms with E-state index in [2.05, 4.69) is 34.5 Å². The number of carbonyl (C=O) groups is 1. The zero-order chi connectivity index (χ0) is 17.5. The Bertz CT molecular complexity index is 652. The third kappa shape index (κ3) is 4.91. The maximum Gasteiger partial charge on any atom is 0.223 e. The minimum atomic E-state index is -0.323. The number of likely N-dealkylation sites (tertiary alicyclic amines) is 1. The standard InChI is InChI=1S/C21H26N2O2/c24-16-20(18-9-5-2-6-10-18)22-21(25)19-11-13-23(14-12-19)15-17-7-3-1-4-8-17/h1-10,19-20,24H,11-16H2,(H,22,25)/t20-/m1/s1. The van der Waals surface area contributed by atoms with Gasteiger partial charge in [-0.15, -0.1) is 0 Å². The summed E-state index contributed by atoms with van der Waals surface area (Å²) in [6.07, 6.45) is 1.73. The summed E-state index contributed by atoms with van der Waals surface area (Å²) in [4.78, 5) is 15.0. The van der Waals surface area contributed by atoms with Crippen molar-refractivity contribution in [1.82, 2.24) is 10.2 Å². The number of piperidine rings is 1. The van der Waals surface area contributed by atoms with Gasteiger partial charge in [0.1, 0.15) is 0 Å². The highest BCUT2D eigenvalue weighted by molar-refractivity contribution is 5.79. The molecule has 2 aromatic rings. The van der Waals surface area contributed by atoms with E-state index in [0.29, 0.717) is 0 Å². The molecular formula is C21H26N2O2. The molecule has 0 spiro atoms. The molecule has 3 rings (SSSR count). The van der Waals surface area contributed by atoms with E-state index in [9.17, 15) is 9.90 Å². The molecule has 0 radical (unpaired) electrons. The summed E-state index contributed by atoms with van der Waals surface area (Å²) in [5.41, 5.74) is 2.26. The Balaban J connectivity index is 1.49. The van der Waals surface area contributed by atoms with Crippen molar-refractivity contribution in [2.24, 2.45) is 5.92 Å². The smallest absolute Gasteiger partial charge is 0.223 e. The van der Waals surface area contributed by atoms with Gasteiger partial charge in [-0.25, -0.2) is 0 Å². The fourth-order valence-electron chi connectivity index (χ4n) is 3.40. The van der Waals surface area contributed by atoms with Gasteiger partial charge in [-0.2, -0.15) is 0 Å². The van der Waals surface area contributed by atoms with Gasteiger partial charge in [-0.3, -0.25) is 9.69 Å². The van der Waals surface area contributed by atoms with E-state index in [4.69, 9.17) is 0 Å². The quantitative estimate of drug-likeness (QED) is 0.851. The molecular weight excluding hydrogens is 312 g/mol. The summed E-state index contributed by atoms with van der Waals surface area (Å²) in [5, 5.41) is 12.6. The zero-order valence-corrected chi connectivity index (χ0v) is 14.5. The number of rotatable bonds is 6. The Labute approximate surface area is 149 Å². The minimum Gasteiger partial charge on any atom is -0.394 e. The lowest BCUT2D eigenvalue weighted by Crippen LogP contribution is -2.42. The van der Waals surface area contributed by atoms with E-state index in [1.807, 2.05) is 36.4 Å². The number of aliphatic hydroxyl groups is 1. The van der Waals surface area contributed by atoms with Crippen LogP contribution in [0.2, 0.25) is 0 Å². The molecule has 132 valence electrons. The van der Waals surface area contributed by atoms with Crippen LogP contribution in [0, 0.1) is 5.92 Å². The molecule has 0 bridgehead atoms.